The third-order valence-corrected chi connectivity index (χ3v) is 6.78. The number of nitrogens with zero attached hydrogens (tertiary/aromatic N) is 1. The summed E-state index contributed by atoms with van der Waals surface area (Å²) in [6.45, 7) is 6.01. The monoisotopic (exact) mass is 409 g/mol. The molecule has 0 fully saturated rings. The molecule has 1 aliphatic carbocycles. The Bertz CT molecular complexity index is 743. The van der Waals surface area contributed by atoms with E-state index >= 15 is 0 Å². The highest BCUT2D eigenvalue weighted by Crippen LogP contribution is 2.46. The largest absolute Gasteiger partial charge is 0.465 e. The molecular weight excluding hydrogens is 390 g/mol. The van der Waals surface area contributed by atoms with Gasteiger partial charge in [-0.15, -0.1) is 11.3 Å². The minimum absolute atomic E-state index is 0.119. The number of rotatable bonds is 3. The standard InChI is InChI=1S/C18H20BrNO3S/c1-4-23-18(22)15-9(2)20-12-6-5-7-13(21)16(12)17(15)14-8-11(19)10(3)24-14/h8,15,17H,4-7H2,1-3H3/t15?,17-/m1/s1. The van der Waals surface area contributed by atoms with E-state index in [1.165, 1.54) is 0 Å². The van der Waals surface area contributed by atoms with Gasteiger partial charge in [0.2, 0.25) is 0 Å². The number of hydrogen-bond donors (Lipinski definition) is 0. The van der Waals surface area contributed by atoms with Crippen LogP contribution < -0.4 is 0 Å². The van der Waals surface area contributed by atoms with Crippen LogP contribution in [0.2, 0.25) is 0 Å². The van der Waals surface area contributed by atoms with Gasteiger partial charge in [0.1, 0.15) is 5.92 Å². The molecule has 0 bridgehead atoms. The van der Waals surface area contributed by atoms with Crippen molar-refractivity contribution in [3.63, 3.8) is 0 Å². The summed E-state index contributed by atoms with van der Waals surface area (Å²) in [5, 5.41) is 0. The summed E-state index contributed by atoms with van der Waals surface area (Å²) < 4.78 is 6.30. The maximum atomic E-state index is 12.7. The predicted octanol–water partition coefficient (Wildman–Crippen LogP) is 4.56. The van der Waals surface area contributed by atoms with E-state index in [4.69, 9.17) is 4.74 Å². The number of allylic oxidation sites excluding steroid dienone is 2. The van der Waals surface area contributed by atoms with Crippen molar-refractivity contribution >= 4 is 44.7 Å². The first-order chi connectivity index (χ1) is 11.4. The Kier molecular flexibility index (Phi) is 5.06. The van der Waals surface area contributed by atoms with Crippen LogP contribution in [-0.4, -0.2) is 24.1 Å². The third kappa shape index (κ3) is 3.02. The Morgan fingerprint density at radius 2 is 2.17 bits per heavy atom. The van der Waals surface area contributed by atoms with Gasteiger partial charge in [-0.05, 0) is 55.6 Å². The quantitative estimate of drug-likeness (QED) is 0.687. The molecule has 0 radical (unpaired) electrons. The van der Waals surface area contributed by atoms with E-state index in [2.05, 4.69) is 20.9 Å². The smallest absolute Gasteiger partial charge is 0.315 e. The second-order valence-electron chi connectivity index (χ2n) is 6.15. The zero-order chi connectivity index (χ0) is 17.4. The fourth-order valence-corrected chi connectivity index (χ4v) is 5.19. The third-order valence-electron chi connectivity index (χ3n) is 4.56. The number of Topliss-reactive ketones (excluding diaryl/α,β-unsaturated/α-hetero) is 1. The molecule has 1 aromatic heterocycles. The molecule has 1 unspecified atom stereocenters. The minimum Gasteiger partial charge on any atom is -0.465 e. The lowest BCUT2D eigenvalue weighted by Crippen LogP contribution is -2.37. The first-order valence-corrected chi connectivity index (χ1v) is 9.78. The Morgan fingerprint density at radius 3 is 2.79 bits per heavy atom. The van der Waals surface area contributed by atoms with Crippen molar-refractivity contribution in [1.82, 2.24) is 0 Å². The van der Waals surface area contributed by atoms with E-state index in [1.807, 2.05) is 19.9 Å². The van der Waals surface area contributed by atoms with E-state index in [0.717, 1.165) is 44.1 Å². The van der Waals surface area contributed by atoms with Crippen molar-refractivity contribution in [2.45, 2.75) is 46.0 Å². The summed E-state index contributed by atoms with van der Waals surface area (Å²) in [5.41, 5.74) is 2.32. The molecule has 0 saturated heterocycles. The van der Waals surface area contributed by atoms with Crippen LogP contribution in [0, 0.1) is 12.8 Å². The average molecular weight is 410 g/mol. The predicted molar refractivity (Wildman–Crippen MR) is 98.6 cm³/mol. The SMILES string of the molecule is CCOC(=O)C1C(C)=NC2=C(C(=O)CCC2)[C@@H]1c1cc(Br)c(C)s1. The van der Waals surface area contributed by atoms with Gasteiger partial charge in [-0.25, -0.2) is 0 Å². The van der Waals surface area contributed by atoms with E-state index in [1.54, 1.807) is 18.3 Å². The maximum absolute atomic E-state index is 12.7. The van der Waals surface area contributed by atoms with Crippen molar-refractivity contribution in [2.24, 2.45) is 10.9 Å². The topological polar surface area (TPSA) is 55.7 Å². The fraction of sp³-hybridized carbons (Fsp3) is 0.500. The van der Waals surface area contributed by atoms with Crippen LogP contribution in [0.25, 0.3) is 0 Å². The maximum Gasteiger partial charge on any atom is 0.315 e. The summed E-state index contributed by atoms with van der Waals surface area (Å²) >= 11 is 5.18. The number of aliphatic imine (C=N–C) groups is 1. The van der Waals surface area contributed by atoms with Crippen molar-refractivity contribution in [2.75, 3.05) is 6.61 Å². The van der Waals surface area contributed by atoms with Gasteiger partial charge >= 0.3 is 5.97 Å². The van der Waals surface area contributed by atoms with Crippen LogP contribution in [0.1, 0.15) is 48.8 Å². The molecular formula is C18H20BrNO3S. The summed E-state index contributed by atoms with van der Waals surface area (Å²) in [5.74, 6) is -0.972. The molecule has 0 N–H and O–H groups in total. The summed E-state index contributed by atoms with van der Waals surface area (Å²) in [4.78, 5) is 32.0. The number of carbonyl (C=O) groups is 2. The van der Waals surface area contributed by atoms with Crippen LogP contribution >= 0.6 is 27.3 Å². The molecule has 2 heterocycles. The van der Waals surface area contributed by atoms with Gasteiger partial charge in [0.05, 0.1) is 6.61 Å². The lowest BCUT2D eigenvalue weighted by molar-refractivity contribution is -0.146. The van der Waals surface area contributed by atoms with Gasteiger partial charge < -0.3 is 4.74 Å². The van der Waals surface area contributed by atoms with Crippen LogP contribution in [0.4, 0.5) is 0 Å². The number of ether oxygens (including phenoxy) is 1. The molecule has 2 atom stereocenters. The molecule has 4 nitrogen and oxygen atoms in total. The van der Waals surface area contributed by atoms with E-state index in [0.29, 0.717) is 13.0 Å². The van der Waals surface area contributed by atoms with Crippen LogP contribution in [0.15, 0.2) is 26.8 Å². The summed E-state index contributed by atoms with van der Waals surface area (Å²) in [6.07, 6.45) is 2.17. The molecule has 3 rings (SSSR count). The van der Waals surface area contributed by atoms with Crippen LogP contribution in [0.3, 0.4) is 0 Å². The average Bonchev–Trinajstić information content (AvgIpc) is 2.85. The number of aryl methyl sites for hydroxylation is 1. The highest BCUT2D eigenvalue weighted by Gasteiger charge is 2.43. The number of halogens is 1. The lowest BCUT2D eigenvalue weighted by Gasteiger charge is -2.33. The van der Waals surface area contributed by atoms with Crippen molar-refractivity contribution < 1.29 is 14.3 Å². The van der Waals surface area contributed by atoms with Gasteiger partial charge in [-0.1, -0.05) is 0 Å². The van der Waals surface area contributed by atoms with Crippen molar-refractivity contribution in [3.8, 4) is 0 Å². The lowest BCUT2D eigenvalue weighted by atomic mass is 9.74. The zero-order valence-electron chi connectivity index (χ0n) is 14.0. The Morgan fingerprint density at radius 1 is 1.42 bits per heavy atom. The van der Waals surface area contributed by atoms with E-state index in [9.17, 15) is 9.59 Å². The van der Waals surface area contributed by atoms with Gasteiger partial charge in [-0.2, -0.15) is 0 Å². The zero-order valence-corrected chi connectivity index (χ0v) is 16.4. The minimum atomic E-state index is -0.518. The normalized spacial score (nSPS) is 23.8. The summed E-state index contributed by atoms with van der Waals surface area (Å²) in [7, 11) is 0. The number of thiophene rings is 1. The molecule has 1 aromatic rings. The molecule has 0 saturated carbocycles. The summed E-state index contributed by atoms with van der Waals surface area (Å²) in [6, 6.07) is 2.03. The molecule has 0 amide bonds. The number of hydrogen-bond acceptors (Lipinski definition) is 5. The van der Waals surface area contributed by atoms with Gasteiger partial charge in [0, 0.05) is 43.5 Å². The Labute approximate surface area is 154 Å². The van der Waals surface area contributed by atoms with E-state index < -0.39 is 5.92 Å². The molecule has 0 spiro atoms. The Hall–Kier alpha value is -1.27. The number of esters is 1. The van der Waals surface area contributed by atoms with E-state index in [-0.39, 0.29) is 17.7 Å². The molecule has 24 heavy (non-hydrogen) atoms. The second kappa shape index (κ2) is 6.92. The molecule has 1 aliphatic heterocycles. The highest BCUT2D eigenvalue weighted by molar-refractivity contribution is 9.10. The molecule has 2 aliphatic rings. The molecule has 6 heteroatoms. The highest BCUT2D eigenvalue weighted by atomic mass is 79.9. The molecule has 128 valence electrons. The van der Waals surface area contributed by atoms with Gasteiger partial charge in [0.15, 0.2) is 5.78 Å². The van der Waals surface area contributed by atoms with Crippen LogP contribution in [-0.2, 0) is 14.3 Å². The first kappa shape index (κ1) is 17.5. The van der Waals surface area contributed by atoms with Gasteiger partial charge in [-0.3, -0.25) is 14.6 Å². The van der Waals surface area contributed by atoms with Crippen molar-refractivity contribution in [1.29, 1.82) is 0 Å². The number of ketones is 1. The second-order valence-corrected chi connectivity index (χ2v) is 8.29. The van der Waals surface area contributed by atoms with Crippen molar-refractivity contribution in [3.05, 3.63) is 31.6 Å². The van der Waals surface area contributed by atoms with Crippen LogP contribution in [0.5, 0.6) is 0 Å². The Balaban J connectivity index is 2.15. The first-order valence-electron chi connectivity index (χ1n) is 8.18. The fourth-order valence-electron chi connectivity index (χ4n) is 3.49. The molecule has 0 aromatic carbocycles. The van der Waals surface area contributed by atoms with Gasteiger partial charge in [0.25, 0.3) is 0 Å². The number of carbonyl (C=O) groups excluding carboxylic acids is 2.